The Balaban J connectivity index is 2.04. The fourth-order valence-corrected chi connectivity index (χ4v) is 2.65. The van der Waals surface area contributed by atoms with Crippen molar-refractivity contribution in [3.8, 4) is 0 Å². The van der Waals surface area contributed by atoms with Crippen LogP contribution in [0.4, 0.5) is 0 Å². The Bertz CT molecular complexity index is 524. The van der Waals surface area contributed by atoms with Gasteiger partial charge in [0, 0.05) is 25.0 Å². The second-order valence-electron chi connectivity index (χ2n) is 5.49. The average Bonchev–Trinajstić information content (AvgIpc) is 2.96. The second-order valence-corrected chi connectivity index (χ2v) is 5.49. The third kappa shape index (κ3) is 4.45. The molecular weight excluding hydrogens is 260 g/mol. The summed E-state index contributed by atoms with van der Waals surface area (Å²) in [5.74, 6) is 0. The van der Waals surface area contributed by atoms with Crippen molar-refractivity contribution in [3.63, 3.8) is 0 Å². The van der Waals surface area contributed by atoms with Crippen LogP contribution < -0.4 is 5.32 Å². The van der Waals surface area contributed by atoms with Gasteiger partial charge < -0.3 is 15.0 Å². The normalized spacial score (nSPS) is 12.5. The molecule has 0 bridgehead atoms. The molecule has 0 aliphatic rings. The van der Waals surface area contributed by atoms with Crippen molar-refractivity contribution in [2.24, 2.45) is 0 Å². The molecular formula is C18H26N2O. The minimum Gasteiger partial charge on any atom is -0.392 e. The lowest BCUT2D eigenvalue weighted by molar-refractivity contribution is 0.282. The molecule has 1 atom stereocenters. The molecule has 0 saturated heterocycles. The topological polar surface area (TPSA) is 37.2 Å². The maximum Gasteiger partial charge on any atom is 0.0681 e. The van der Waals surface area contributed by atoms with Crippen LogP contribution in [0.25, 0.3) is 0 Å². The van der Waals surface area contributed by atoms with E-state index < -0.39 is 0 Å². The zero-order chi connectivity index (χ0) is 15.1. The van der Waals surface area contributed by atoms with Crippen LogP contribution in [0.2, 0.25) is 0 Å². The van der Waals surface area contributed by atoms with Crippen molar-refractivity contribution in [3.05, 3.63) is 59.4 Å². The van der Waals surface area contributed by atoms with E-state index in [1.54, 1.807) is 0 Å². The van der Waals surface area contributed by atoms with Crippen LogP contribution in [-0.4, -0.2) is 16.2 Å². The maximum atomic E-state index is 9.07. The number of rotatable bonds is 8. The Labute approximate surface area is 127 Å². The quantitative estimate of drug-likeness (QED) is 0.779. The number of aliphatic hydroxyl groups excluding tert-OH is 1. The molecule has 0 aliphatic heterocycles. The number of aromatic nitrogens is 1. The lowest BCUT2D eigenvalue weighted by Crippen LogP contribution is -2.20. The molecule has 0 radical (unpaired) electrons. The predicted molar refractivity (Wildman–Crippen MR) is 87.2 cm³/mol. The Morgan fingerprint density at radius 3 is 2.43 bits per heavy atom. The summed E-state index contributed by atoms with van der Waals surface area (Å²) in [4.78, 5) is 0. The van der Waals surface area contributed by atoms with E-state index in [4.69, 9.17) is 5.11 Å². The molecule has 21 heavy (non-hydrogen) atoms. The smallest absolute Gasteiger partial charge is 0.0681 e. The summed E-state index contributed by atoms with van der Waals surface area (Å²) in [6.45, 7) is 6.36. The van der Waals surface area contributed by atoms with E-state index in [1.807, 2.05) is 12.1 Å². The van der Waals surface area contributed by atoms with E-state index in [1.165, 1.54) is 24.0 Å². The molecule has 0 fully saturated rings. The molecule has 1 heterocycles. The van der Waals surface area contributed by atoms with Gasteiger partial charge in [0.2, 0.25) is 0 Å². The van der Waals surface area contributed by atoms with Crippen LogP contribution in [0, 0.1) is 0 Å². The highest BCUT2D eigenvalue weighted by Gasteiger charge is 2.10. The van der Waals surface area contributed by atoms with Crippen LogP contribution in [0.15, 0.2) is 42.7 Å². The average molecular weight is 286 g/mol. The highest BCUT2D eigenvalue weighted by Crippen LogP contribution is 2.19. The third-order valence-electron chi connectivity index (χ3n) is 3.77. The first-order chi connectivity index (χ1) is 10.3. The number of aliphatic hydroxyl groups is 1. The van der Waals surface area contributed by atoms with Crippen molar-refractivity contribution in [1.29, 1.82) is 0 Å². The monoisotopic (exact) mass is 286 g/mol. The summed E-state index contributed by atoms with van der Waals surface area (Å²) in [7, 11) is 0. The number of benzene rings is 1. The maximum absolute atomic E-state index is 9.07. The SMILES string of the molecule is CCCC(NCC)c1ccn(Cc2ccc(CO)cc2)c1. The largest absolute Gasteiger partial charge is 0.392 e. The van der Waals surface area contributed by atoms with Gasteiger partial charge in [-0.05, 0) is 35.7 Å². The standard InChI is InChI=1S/C18H26N2O/c1-3-5-18(19-4-2)17-10-11-20(13-17)12-15-6-8-16(14-21)9-7-15/h6-11,13,18-19,21H,3-5,12,14H2,1-2H3. The lowest BCUT2D eigenvalue weighted by atomic mass is 10.1. The summed E-state index contributed by atoms with van der Waals surface area (Å²) >= 11 is 0. The van der Waals surface area contributed by atoms with Crippen molar-refractivity contribution in [1.82, 2.24) is 9.88 Å². The molecule has 3 nitrogen and oxygen atoms in total. The number of nitrogens with zero attached hydrogens (tertiary/aromatic N) is 1. The Morgan fingerprint density at radius 2 is 1.81 bits per heavy atom. The van der Waals surface area contributed by atoms with E-state index in [9.17, 15) is 0 Å². The van der Waals surface area contributed by atoms with Crippen molar-refractivity contribution in [2.75, 3.05) is 6.54 Å². The van der Waals surface area contributed by atoms with E-state index >= 15 is 0 Å². The zero-order valence-corrected chi connectivity index (χ0v) is 13.0. The van der Waals surface area contributed by atoms with Crippen molar-refractivity contribution >= 4 is 0 Å². The molecule has 0 amide bonds. The van der Waals surface area contributed by atoms with Gasteiger partial charge >= 0.3 is 0 Å². The van der Waals surface area contributed by atoms with Gasteiger partial charge in [-0.1, -0.05) is 44.5 Å². The van der Waals surface area contributed by atoms with Gasteiger partial charge in [-0.3, -0.25) is 0 Å². The predicted octanol–water partition coefficient (Wildman–Crippen LogP) is 3.48. The summed E-state index contributed by atoms with van der Waals surface area (Å²) < 4.78 is 2.23. The molecule has 114 valence electrons. The lowest BCUT2D eigenvalue weighted by Gasteiger charge is -2.15. The fourth-order valence-electron chi connectivity index (χ4n) is 2.65. The number of hydrogen-bond acceptors (Lipinski definition) is 2. The molecule has 3 heteroatoms. The van der Waals surface area contributed by atoms with Gasteiger partial charge in [-0.2, -0.15) is 0 Å². The first-order valence-electron chi connectivity index (χ1n) is 7.84. The van der Waals surface area contributed by atoms with Gasteiger partial charge in [0.05, 0.1) is 6.61 Å². The van der Waals surface area contributed by atoms with Gasteiger partial charge in [0.25, 0.3) is 0 Å². The Morgan fingerprint density at radius 1 is 1.10 bits per heavy atom. The van der Waals surface area contributed by atoms with Crippen LogP contribution >= 0.6 is 0 Å². The minimum atomic E-state index is 0.106. The molecule has 1 aromatic carbocycles. The Kier molecular flexibility index (Phi) is 6.03. The summed E-state index contributed by atoms with van der Waals surface area (Å²) in [5, 5.41) is 12.6. The molecule has 1 aromatic heterocycles. The van der Waals surface area contributed by atoms with Gasteiger partial charge in [0.15, 0.2) is 0 Å². The fraction of sp³-hybridized carbons (Fsp3) is 0.444. The van der Waals surface area contributed by atoms with Crippen molar-refractivity contribution in [2.45, 2.75) is 45.9 Å². The molecule has 2 N–H and O–H groups in total. The van der Waals surface area contributed by atoms with Crippen molar-refractivity contribution < 1.29 is 5.11 Å². The van der Waals surface area contributed by atoms with Crippen LogP contribution in [0.3, 0.4) is 0 Å². The highest BCUT2D eigenvalue weighted by atomic mass is 16.3. The molecule has 1 unspecified atom stereocenters. The van der Waals surface area contributed by atoms with Crippen LogP contribution in [0.1, 0.15) is 49.4 Å². The van der Waals surface area contributed by atoms with E-state index in [0.29, 0.717) is 6.04 Å². The summed E-state index contributed by atoms with van der Waals surface area (Å²) in [5.41, 5.74) is 3.58. The number of hydrogen-bond donors (Lipinski definition) is 2. The second kappa shape index (κ2) is 8.01. The first kappa shape index (κ1) is 15.8. The highest BCUT2D eigenvalue weighted by molar-refractivity contribution is 5.23. The summed E-state index contributed by atoms with van der Waals surface area (Å²) in [6.07, 6.45) is 6.74. The van der Waals surface area contributed by atoms with Gasteiger partial charge in [0.1, 0.15) is 0 Å². The van der Waals surface area contributed by atoms with Gasteiger partial charge in [-0.15, -0.1) is 0 Å². The number of nitrogens with one attached hydrogen (secondary N) is 1. The van der Waals surface area contributed by atoms with Gasteiger partial charge in [-0.25, -0.2) is 0 Å². The van der Waals surface area contributed by atoms with Crippen LogP contribution in [-0.2, 0) is 13.2 Å². The van der Waals surface area contributed by atoms with E-state index in [0.717, 1.165) is 18.7 Å². The zero-order valence-electron chi connectivity index (χ0n) is 13.0. The summed E-state index contributed by atoms with van der Waals surface area (Å²) in [6, 6.07) is 10.8. The molecule has 2 aromatic rings. The minimum absolute atomic E-state index is 0.106. The molecule has 0 spiro atoms. The first-order valence-corrected chi connectivity index (χ1v) is 7.84. The molecule has 0 saturated carbocycles. The molecule has 0 aliphatic carbocycles. The molecule has 2 rings (SSSR count). The van der Waals surface area contributed by atoms with E-state index in [2.05, 4.69) is 54.3 Å². The van der Waals surface area contributed by atoms with E-state index in [-0.39, 0.29) is 6.61 Å². The third-order valence-corrected chi connectivity index (χ3v) is 3.77. The van der Waals surface area contributed by atoms with Crippen LogP contribution in [0.5, 0.6) is 0 Å². The Hall–Kier alpha value is -1.58.